The third kappa shape index (κ3) is 5.36. The van der Waals surface area contributed by atoms with Crippen molar-refractivity contribution in [2.45, 2.75) is 19.4 Å². The third-order valence-electron chi connectivity index (χ3n) is 6.12. The molecule has 3 aromatic carbocycles. The number of hydrogen-bond acceptors (Lipinski definition) is 7. The van der Waals surface area contributed by atoms with Crippen LogP contribution in [0.2, 0.25) is 0 Å². The molecule has 9 heteroatoms. The number of benzene rings is 3. The number of aliphatic hydroxyl groups excluding tert-OH is 1. The van der Waals surface area contributed by atoms with Gasteiger partial charge in [0.25, 0.3) is 11.8 Å². The molecule has 1 aromatic heterocycles. The Morgan fingerprint density at radius 2 is 1.62 bits per heavy atom. The second-order valence-corrected chi connectivity index (χ2v) is 8.65. The summed E-state index contributed by atoms with van der Waals surface area (Å²) >= 11 is 0. The molecule has 6 N–H and O–H groups in total. The molecule has 9 nitrogen and oxygen atoms in total. The Hall–Kier alpha value is -4.89. The van der Waals surface area contributed by atoms with E-state index in [2.05, 4.69) is 20.9 Å². The van der Waals surface area contributed by atoms with Crippen molar-refractivity contribution in [2.24, 2.45) is 0 Å². The lowest BCUT2D eigenvalue weighted by Gasteiger charge is -2.22. The quantitative estimate of drug-likeness (QED) is 0.248. The van der Waals surface area contributed by atoms with E-state index in [0.717, 1.165) is 22.5 Å². The van der Waals surface area contributed by atoms with Gasteiger partial charge in [-0.3, -0.25) is 14.6 Å². The van der Waals surface area contributed by atoms with E-state index in [9.17, 15) is 14.7 Å². The van der Waals surface area contributed by atoms with E-state index in [1.165, 1.54) is 0 Å². The first-order valence-corrected chi connectivity index (χ1v) is 11.7. The summed E-state index contributed by atoms with van der Waals surface area (Å²) in [4.78, 5) is 30.6. The fourth-order valence-corrected chi connectivity index (χ4v) is 4.13. The number of nitrogen functional groups attached to an aromatic ring is 1. The highest BCUT2D eigenvalue weighted by atomic mass is 16.3. The van der Waals surface area contributed by atoms with Crippen molar-refractivity contribution in [3.05, 3.63) is 114 Å². The highest BCUT2D eigenvalue weighted by Crippen LogP contribution is 2.35. The fourth-order valence-electron chi connectivity index (χ4n) is 4.13. The average Bonchev–Trinajstić information content (AvgIpc) is 3.23. The number of hydrogen-bond donors (Lipinski definition) is 5. The Balaban J connectivity index is 1.22. The minimum absolute atomic E-state index is 0.179. The predicted octanol–water partition coefficient (Wildman–Crippen LogP) is 3.55. The van der Waals surface area contributed by atoms with Crippen molar-refractivity contribution in [1.29, 1.82) is 0 Å². The molecule has 0 aliphatic carbocycles. The maximum atomic E-state index is 12.6. The first-order chi connectivity index (χ1) is 18.0. The molecule has 0 bridgehead atoms. The maximum Gasteiger partial charge on any atom is 0.255 e. The summed E-state index contributed by atoms with van der Waals surface area (Å²) in [7, 11) is 0. The monoisotopic (exact) mass is 494 g/mol. The molecule has 1 atom stereocenters. The van der Waals surface area contributed by atoms with E-state index < -0.39 is 6.35 Å². The number of rotatable bonds is 7. The molecule has 5 rings (SSSR count). The summed E-state index contributed by atoms with van der Waals surface area (Å²) in [6.45, 7) is 0.789. The van der Waals surface area contributed by atoms with Crippen molar-refractivity contribution in [3.8, 4) is 0 Å². The van der Waals surface area contributed by atoms with Crippen LogP contribution >= 0.6 is 0 Å². The number of amides is 2. The second kappa shape index (κ2) is 10.4. The Labute approximate surface area is 214 Å². The molecule has 37 heavy (non-hydrogen) atoms. The van der Waals surface area contributed by atoms with Crippen LogP contribution in [0.5, 0.6) is 0 Å². The Bertz CT molecular complexity index is 1430. The summed E-state index contributed by atoms with van der Waals surface area (Å²) in [5.74, 6) is -0.428. The minimum Gasteiger partial charge on any atom is -0.397 e. The van der Waals surface area contributed by atoms with E-state index in [4.69, 9.17) is 5.73 Å². The smallest absolute Gasteiger partial charge is 0.255 e. The number of para-hydroxylation sites is 2. The second-order valence-electron chi connectivity index (χ2n) is 8.65. The number of fused-ring (bicyclic) bond motifs is 1. The molecule has 0 fully saturated rings. The highest BCUT2D eigenvalue weighted by molar-refractivity contribution is 6.05. The van der Waals surface area contributed by atoms with Crippen LogP contribution in [0.4, 0.5) is 22.7 Å². The summed E-state index contributed by atoms with van der Waals surface area (Å²) in [5, 5.41) is 19.4. The van der Waals surface area contributed by atoms with Gasteiger partial charge < -0.3 is 31.7 Å². The van der Waals surface area contributed by atoms with E-state index in [-0.39, 0.29) is 11.8 Å². The zero-order valence-corrected chi connectivity index (χ0v) is 19.9. The number of aliphatic hydroxyl groups is 1. The summed E-state index contributed by atoms with van der Waals surface area (Å²) < 4.78 is 0. The van der Waals surface area contributed by atoms with Crippen molar-refractivity contribution in [3.63, 3.8) is 0 Å². The van der Waals surface area contributed by atoms with Gasteiger partial charge in [0.15, 0.2) is 0 Å². The van der Waals surface area contributed by atoms with Crippen LogP contribution in [0.25, 0.3) is 0 Å². The standard InChI is InChI=1S/C28H26N6O3/c29-22-3-1-2-4-23(22)32-27(36)20-8-5-18(6-9-20)17-34-25-10-7-19(15-24(25)33-28(34)37)16-31-26(35)21-11-13-30-14-12-21/h1-15,28,33,37H,16-17,29H2,(H,31,35)(H,32,36). The van der Waals surface area contributed by atoms with Gasteiger partial charge in [-0.15, -0.1) is 0 Å². The summed E-state index contributed by atoms with van der Waals surface area (Å²) in [6.07, 6.45) is 2.25. The maximum absolute atomic E-state index is 12.6. The highest BCUT2D eigenvalue weighted by Gasteiger charge is 2.27. The first-order valence-electron chi connectivity index (χ1n) is 11.7. The van der Waals surface area contributed by atoms with E-state index in [1.807, 2.05) is 47.4 Å². The van der Waals surface area contributed by atoms with Gasteiger partial charge in [0.2, 0.25) is 6.35 Å². The lowest BCUT2D eigenvalue weighted by atomic mass is 10.1. The first kappa shape index (κ1) is 23.8. The molecule has 1 aliphatic rings. The molecule has 4 aromatic rings. The molecular formula is C28H26N6O3. The van der Waals surface area contributed by atoms with Crippen LogP contribution in [0, 0.1) is 0 Å². The van der Waals surface area contributed by atoms with Crippen molar-refractivity contribution < 1.29 is 14.7 Å². The van der Waals surface area contributed by atoms with Gasteiger partial charge in [0, 0.05) is 36.6 Å². The number of nitrogens with two attached hydrogens (primary N) is 1. The van der Waals surface area contributed by atoms with Gasteiger partial charge >= 0.3 is 0 Å². The van der Waals surface area contributed by atoms with Gasteiger partial charge in [0.05, 0.1) is 22.7 Å². The van der Waals surface area contributed by atoms with Crippen molar-refractivity contribution >= 4 is 34.6 Å². The van der Waals surface area contributed by atoms with Crippen LogP contribution < -0.4 is 26.6 Å². The minimum atomic E-state index is -0.902. The molecule has 0 radical (unpaired) electrons. The van der Waals surface area contributed by atoms with Crippen LogP contribution in [0.1, 0.15) is 31.8 Å². The average molecular weight is 495 g/mol. The van der Waals surface area contributed by atoms with Crippen molar-refractivity contribution in [2.75, 3.05) is 21.3 Å². The van der Waals surface area contributed by atoms with Crippen LogP contribution in [0.3, 0.4) is 0 Å². The molecule has 2 amide bonds. The van der Waals surface area contributed by atoms with Crippen LogP contribution in [-0.4, -0.2) is 28.3 Å². The lowest BCUT2D eigenvalue weighted by molar-refractivity contribution is 0.0950. The molecule has 1 unspecified atom stereocenters. The van der Waals surface area contributed by atoms with Gasteiger partial charge in [-0.1, -0.05) is 30.3 Å². The largest absolute Gasteiger partial charge is 0.397 e. The van der Waals surface area contributed by atoms with Crippen molar-refractivity contribution in [1.82, 2.24) is 10.3 Å². The molecule has 0 saturated carbocycles. The lowest BCUT2D eigenvalue weighted by Crippen LogP contribution is -2.34. The van der Waals surface area contributed by atoms with Crippen LogP contribution in [-0.2, 0) is 13.1 Å². The Morgan fingerprint density at radius 3 is 2.38 bits per heavy atom. The number of anilines is 4. The van der Waals surface area contributed by atoms with E-state index in [0.29, 0.717) is 35.6 Å². The third-order valence-corrected chi connectivity index (χ3v) is 6.12. The SMILES string of the molecule is Nc1ccccc1NC(=O)c1ccc(CN2c3ccc(CNC(=O)c4ccncc4)cc3NC2O)cc1. The number of nitrogens with zero attached hydrogens (tertiary/aromatic N) is 2. The number of nitrogens with one attached hydrogen (secondary N) is 3. The summed E-state index contributed by atoms with van der Waals surface area (Å²) in [5.41, 5.74) is 11.5. The normalized spacial score (nSPS) is 14.0. The molecule has 0 saturated heterocycles. The predicted molar refractivity (Wildman–Crippen MR) is 143 cm³/mol. The molecular weight excluding hydrogens is 468 g/mol. The van der Waals surface area contributed by atoms with E-state index >= 15 is 0 Å². The fraction of sp³-hybridized carbons (Fsp3) is 0.107. The Morgan fingerprint density at radius 1 is 0.919 bits per heavy atom. The number of aromatic nitrogens is 1. The van der Waals surface area contributed by atoms with Crippen LogP contribution in [0.15, 0.2) is 91.3 Å². The molecule has 1 aliphatic heterocycles. The number of carbonyl (C=O) groups is 2. The van der Waals surface area contributed by atoms with E-state index in [1.54, 1.807) is 48.8 Å². The summed E-state index contributed by atoms with van der Waals surface area (Å²) in [6, 6.07) is 23.4. The number of carbonyl (C=O) groups excluding carboxylic acids is 2. The molecule has 0 spiro atoms. The topological polar surface area (TPSA) is 133 Å². The molecule has 186 valence electrons. The van der Waals surface area contributed by atoms with Gasteiger partial charge in [-0.2, -0.15) is 0 Å². The Kier molecular flexibility index (Phi) is 6.69. The molecule has 2 heterocycles. The van der Waals surface area contributed by atoms with Gasteiger partial charge in [0.1, 0.15) is 0 Å². The van der Waals surface area contributed by atoms with Gasteiger partial charge in [-0.05, 0) is 59.7 Å². The number of pyridine rings is 1. The zero-order chi connectivity index (χ0) is 25.8. The van der Waals surface area contributed by atoms with Gasteiger partial charge in [-0.25, -0.2) is 0 Å². The zero-order valence-electron chi connectivity index (χ0n) is 19.9.